The van der Waals surface area contributed by atoms with E-state index in [-0.39, 0.29) is 37.3 Å². The van der Waals surface area contributed by atoms with Gasteiger partial charge in [-0.3, -0.25) is 23.9 Å². The van der Waals surface area contributed by atoms with E-state index in [4.69, 9.17) is 9.47 Å². The van der Waals surface area contributed by atoms with E-state index in [0.717, 1.165) is 0 Å². The van der Waals surface area contributed by atoms with E-state index < -0.39 is 80.1 Å². The van der Waals surface area contributed by atoms with Crippen molar-refractivity contribution in [2.24, 2.45) is 11.8 Å². The molecule has 51 heavy (non-hydrogen) atoms. The Balaban J connectivity index is 1.37. The molecule has 0 radical (unpaired) electrons. The fraction of sp³-hybridized carbons (Fsp3) is 0.543. The maximum atomic E-state index is 14.3. The third-order valence-electron chi connectivity index (χ3n) is 9.98. The highest BCUT2D eigenvalue weighted by Crippen LogP contribution is 2.45. The topological polar surface area (TPSA) is 195 Å². The van der Waals surface area contributed by atoms with E-state index in [1.165, 1.54) is 21.9 Å². The Morgan fingerprint density at radius 1 is 1.08 bits per heavy atom. The highest BCUT2D eigenvalue weighted by Gasteiger charge is 2.62. The molecule has 3 aliphatic heterocycles. The number of carbonyl (C=O) groups is 4. The highest BCUT2D eigenvalue weighted by molar-refractivity contribution is 7.91. The van der Waals surface area contributed by atoms with Gasteiger partial charge in [-0.05, 0) is 50.0 Å². The molecule has 16 heteroatoms. The summed E-state index contributed by atoms with van der Waals surface area (Å²) in [5.74, 6) is -2.86. The lowest BCUT2D eigenvalue weighted by atomic mass is 10.0. The van der Waals surface area contributed by atoms with Crippen molar-refractivity contribution in [1.82, 2.24) is 30.0 Å². The Morgan fingerprint density at radius 3 is 2.43 bits per heavy atom. The molecule has 2 aliphatic carbocycles. The molecule has 3 fully saturated rings. The van der Waals surface area contributed by atoms with Gasteiger partial charge in [0.05, 0.1) is 36.3 Å². The predicted octanol–water partition coefficient (Wildman–Crippen LogP) is 2.04. The standard InChI is InChI=1S/C35H44N6O9S/c1-4-23-18-35(23,33(45)39-51(47,48)25-13-14-25)38-30(42)26-17-24-20-40(26)32(44)29(21(2)3)37-34(46)50-16-10-6-9-15-49-27-19-36-41(24)31(43)28(27)22-11-7-5-8-12-22/h4-5,7-8,11-12,19,21,23-26,29H,1,6,9-10,13-18,20H2,2-3H3,(H,37,46)(H,38,42)(H,39,45)/t23?,24-,26+,29+,35?/m1/s1. The molecule has 5 aliphatic rings. The van der Waals surface area contributed by atoms with Crippen LogP contribution in [0, 0.1) is 11.8 Å². The molecule has 4 amide bonds. The maximum Gasteiger partial charge on any atom is 0.407 e. The van der Waals surface area contributed by atoms with Gasteiger partial charge in [-0.15, -0.1) is 6.58 Å². The number of nitrogens with one attached hydrogen (secondary N) is 3. The number of hydrogen-bond acceptors (Lipinski definition) is 10. The fourth-order valence-corrected chi connectivity index (χ4v) is 8.15. The molecule has 1 saturated heterocycles. The molecular weight excluding hydrogens is 680 g/mol. The number of alkyl carbamates (subject to hydrolysis) is 1. The van der Waals surface area contributed by atoms with Gasteiger partial charge in [0.2, 0.25) is 21.8 Å². The van der Waals surface area contributed by atoms with Gasteiger partial charge in [0.25, 0.3) is 11.5 Å². The van der Waals surface area contributed by atoms with E-state index in [9.17, 15) is 32.4 Å². The zero-order chi connectivity index (χ0) is 36.5. The van der Waals surface area contributed by atoms with E-state index in [1.54, 1.807) is 38.1 Å². The quantitative estimate of drug-likeness (QED) is 0.339. The normalized spacial score (nSPS) is 27.0. The summed E-state index contributed by atoms with van der Waals surface area (Å²) >= 11 is 0. The van der Waals surface area contributed by atoms with Gasteiger partial charge >= 0.3 is 6.09 Å². The van der Waals surface area contributed by atoms with Gasteiger partial charge in [-0.1, -0.05) is 50.3 Å². The number of hydrogen-bond donors (Lipinski definition) is 3. The monoisotopic (exact) mass is 724 g/mol. The molecule has 4 bridgehead atoms. The van der Waals surface area contributed by atoms with Crippen LogP contribution in [0.2, 0.25) is 0 Å². The van der Waals surface area contributed by atoms with Gasteiger partial charge < -0.3 is 25.0 Å². The van der Waals surface area contributed by atoms with E-state index in [0.29, 0.717) is 44.3 Å². The zero-order valence-corrected chi connectivity index (χ0v) is 29.5. The number of nitrogens with zero attached hydrogens (tertiary/aromatic N) is 3. The molecule has 15 nitrogen and oxygen atoms in total. The molecule has 5 atom stereocenters. The molecule has 1 aromatic carbocycles. The average Bonchev–Trinajstić information content (AvgIpc) is 4.03. The van der Waals surface area contributed by atoms with Crippen molar-refractivity contribution in [3.05, 3.63) is 59.5 Å². The Kier molecular flexibility index (Phi) is 10.2. The van der Waals surface area contributed by atoms with Crippen molar-refractivity contribution in [3.8, 4) is 16.9 Å². The van der Waals surface area contributed by atoms with Crippen LogP contribution in [0.1, 0.15) is 64.8 Å². The molecule has 2 unspecified atom stereocenters. The third kappa shape index (κ3) is 7.51. The van der Waals surface area contributed by atoms with E-state index in [2.05, 4.69) is 27.0 Å². The number of amides is 4. The second-order valence-electron chi connectivity index (χ2n) is 14.0. The van der Waals surface area contributed by atoms with Gasteiger partial charge in [-0.2, -0.15) is 5.10 Å². The van der Waals surface area contributed by atoms with E-state index in [1.807, 2.05) is 6.07 Å². The van der Waals surface area contributed by atoms with Crippen LogP contribution in [0.25, 0.3) is 11.1 Å². The maximum absolute atomic E-state index is 14.3. The number of rotatable bonds is 8. The second-order valence-corrected chi connectivity index (χ2v) is 15.9. The molecule has 0 spiro atoms. The number of aromatic nitrogens is 2. The first-order valence-corrected chi connectivity index (χ1v) is 19.0. The Hall–Kier alpha value is -4.73. The van der Waals surface area contributed by atoms with Crippen LogP contribution >= 0.6 is 0 Å². The van der Waals surface area contributed by atoms with Crippen LogP contribution in [-0.4, -0.2) is 89.5 Å². The summed E-state index contributed by atoms with van der Waals surface area (Å²) in [5.41, 5.74) is -1.17. The summed E-state index contributed by atoms with van der Waals surface area (Å²) in [7, 11) is -3.92. The third-order valence-corrected chi connectivity index (χ3v) is 11.8. The highest BCUT2D eigenvalue weighted by atomic mass is 32.2. The molecule has 2 aromatic rings. The van der Waals surface area contributed by atoms with Crippen LogP contribution in [0.4, 0.5) is 4.79 Å². The predicted molar refractivity (Wildman–Crippen MR) is 185 cm³/mol. The van der Waals surface area contributed by atoms with Crippen molar-refractivity contribution >= 4 is 33.8 Å². The fourth-order valence-electron chi connectivity index (χ4n) is 6.78. The van der Waals surface area contributed by atoms with Crippen molar-refractivity contribution in [3.63, 3.8) is 0 Å². The van der Waals surface area contributed by atoms with Gasteiger partial charge in [-0.25, -0.2) is 17.9 Å². The number of fused-ring (bicyclic) bond motifs is 12. The summed E-state index contributed by atoms with van der Waals surface area (Å²) in [6.07, 6.45) is 4.94. The van der Waals surface area contributed by atoms with Crippen LogP contribution in [0.5, 0.6) is 5.75 Å². The van der Waals surface area contributed by atoms with Crippen molar-refractivity contribution in [2.45, 2.75) is 87.7 Å². The first-order valence-electron chi connectivity index (χ1n) is 17.4. The summed E-state index contributed by atoms with van der Waals surface area (Å²) in [6.45, 7) is 7.51. The number of benzene rings is 1. The van der Waals surface area contributed by atoms with Gasteiger partial charge in [0, 0.05) is 18.9 Å². The minimum Gasteiger partial charge on any atom is -0.491 e. The van der Waals surface area contributed by atoms with Gasteiger partial charge in [0.1, 0.15) is 17.6 Å². The summed E-state index contributed by atoms with van der Waals surface area (Å²) in [6, 6.07) is 5.90. The molecule has 2 saturated carbocycles. The lowest BCUT2D eigenvalue weighted by molar-refractivity contribution is -0.141. The zero-order valence-electron chi connectivity index (χ0n) is 28.7. The van der Waals surface area contributed by atoms with Crippen LogP contribution in [0.15, 0.2) is 54.0 Å². The molecule has 4 heterocycles. The summed E-state index contributed by atoms with van der Waals surface area (Å²) in [4.78, 5) is 70.3. The molecular formula is C35H44N6O9S. The Bertz CT molecular complexity index is 1860. The van der Waals surface area contributed by atoms with Crippen LogP contribution < -0.4 is 25.7 Å². The minimum atomic E-state index is -3.92. The summed E-state index contributed by atoms with van der Waals surface area (Å²) in [5, 5.41) is 9.19. The first kappa shape index (κ1) is 36.1. The lowest BCUT2D eigenvalue weighted by Crippen LogP contribution is -2.59. The number of ether oxygens (including phenoxy) is 2. The van der Waals surface area contributed by atoms with Crippen molar-refractivity contribution < 1.29 is 37.1 Å². The molecule has 7 rings (SSSR count). The van der Waals surface area contributed by atoms with Crippen molar-refractivity contribution in [1.29, 1.82) is 0 Å². The SMILES string of the molecule is C=CC1CC1(NC(=O)[C@@H]1C[C@@H]2CN1C(=O)[C@H](C(C)C)NC(=O)OCCCCCOc1cnn2c(=O)c1-c1ccccc1)C(=O)NS(=O)(=O)C1CC1. The van der Waals surface area contributed by atoms with Gasteiger partial charge in [0.15, 0.2) is 5.75 Å². The smallest absolute Gasteiger partial charge is 0.407 e. The molecule has 3 N–H and O–H groups in total. The largest absolute Gasteiger partial charge is 0.491 e. The minimum absolute atomic E-state index is 0.0645. The van der Waals surface area contributed by atoms with E-state index >= 15 is 0 Å². The molecule has 1 aromatic heterocycles. The lowest BCUT2D eigenvalue weighted by Gasteiger charge is -2.31. The van der Waals surface area contributed by atoms with Crippen molar-refractivity contribution in [2.75, 3.05) is 19.8 Å². The molecule has 274 valence electrons. The average molecular weight is 725 g/mol. The number of sulfonamides is 1. The second kappa shape index (κ2) is 14.5. The Morgan fingerprint density at radius 2 is 1.78 bits per heavy atom. The Labute approximate surface area is 296 Å². The van der Waals surface area contributed by atoms with Crippen LogP contribution in [0.3, 0.4) is 0 Å². The summed E-state index contributed by atoms with van der Waals surface area (Å²) < 4.78 is 40.1. The number of carbonyl (C=O) groups excluding carboxylic acids is 4. The van der Waals surface area contributed by atoms with Crippen LogP contribution in [-0.2, 0) is 29.1 Å². The first-order chi connectivity index (χ1) is 24.4.